The van der Waals surface area contributed by atoms with E-state index in [2.05, 4.69) is 10.3 Å². The van der Waals surface area contributed by atoms with Gasteiger partial charge in [0.15, 0.2) is 0 Å². The fraction of sp³-hybridized carbons (Fsp3) is 0.545. The molecule has 3 N–H and O–H groups in total. The van der Waals surface area contributed by atoms with Crippen LogP contribution in [0.15, 0.2) is 18.3 Å². The Bertz CT molecular complexity index is 304. The van der Waals surface area contributed by atoms with Gasteiger partial charge < -0.3 is 15.5 Å². The summed E-state index contributed by atoms with van der Waals surface area (Å²) in [7, 11) is 1.81. The van der Waals surface area contributed by atoms with Crippen LogP contribution in [0, 0.1) is 6.92 Å². The van der Waals surface area contributed by atoms with Crippen LogP contribution >= 0.6 is 0 Å². The number of aliphatic hydroxyl groups excluding tert-OH is 2. The van der Waals surface area contributed by atoms with Crippen LogP contribution in [0.5, 0.6) is 0 Å². The first kappa shape index (κ1) is 12.1. The van der Waals surface area contributed by atoms with E-state index in [1.165, 1.54) is 0 Å². The van der Waals surface area contributed by atoms with Crippen molar-refractivity contribution in [3.05, 3.63) is 29.6 Å². The fourth-order valence-electron chi connectivity index (χ4n) is 1.47. The third-order valence-corrected chi connectivity index (χ3v) is 2.42. The molecule has 4 heteroatoms. The lowest BCUT2D eigenvalue weighted by atomic mass is 10.0. The number of nitrogens with zero attached hydrogens (tertiary/aromatic N) is 1. The summed E-state index contributed by atoms with van der Waals surface area (Å²) in [5.74, 6) is 0. The number of aliphatic hydroxyl groups is 2. The van der Waals surface area contributed by atoms with Crippen molar-refractivity contribution in [2.75, 3.05) is 13.6 Å². The number of nitrogens with one attached hydrogen (secondary N) is 1. The lowest BCUT2D eigenvalue weighted by molar-refractivity contribution is 0.0134. The maximum absolute atomic E-state index is 9.88. The van der Waals surface area contributed by atoms with E-state index in [-0.39, 0.29) is 0 Å². The largest absolute Gasteiger partial charge is 0.390 e. The van der Waals surface area contributed by atoms with Crippen molar-refractivity contribution in [2.45, 2.75) is 25.6 Å². The second-order valence-electron chi connectivity index (χ2n) is 3.58. The van der Waals surface area contributed by atoms with Crippen molar-refractivity contribution in [2.24, 2.45) is 0 Å². The first-order valence-corrected chi connectivity index (χ1v) is 5.09. The van der Waals surface area contributed by atoms with Crippen LogP contribution in [0.25, 0.3) is 0 Å². The van der Waals surface area contributed by atoms with Crippen molar-refractivity contribution < 1.29 is 10.2 Å². The number of hydrogen-bond acceptors (Lipinski definition) is 4. The van der Waals surface area contributed by atoms with Crippen LogP contribution in [-0.4, -0.2) is 34.9 Å². The summed E-state index contributed by atoms with van der Waals surface area (Å²) in [5, 5.41) is 22.5. The molecular weight excluding hydrogens is 192 g/mol. The Kier molecular flexibility index (Phi) is 4.68. The van der Waals surface area contributed by atoms with Gasteiger partial charge in [0.05, 0.1) is 6.10 Å². The molecule has 1 aromatic heterocycles. The van der Waals surface area contributed by atoms with E-state index in [1.807, 2.05) is 14.0 Å². The van der Waals surface area contributed by atoms with Gasteiger partial charge in [-0.05, 0) is 33.0 Å². The SMILES string of the molecule is CNCCC(O)C(O)c1cccnc1C. The molecule has 0 aliphatic carbocycles. The average molecular weight is 210 g/mol. The highest BCUT2D eigenvalue weighted by Crippen LogP contribution is 2.20. The molecule has 0 aliphatic rings. The summed E-state index contributed by atoms with van der Waals surface area (Å²) < 4.78 is 0. The zero-order valence-electron chi connectivity index (χ0n) is 9.14. The summed E-state index contributed by atoms with van der Waals surface area (Å²) in [5.41, 5.74) is 1.45. The second-order valence-corrected chi connectivity index (χ2v) is 3.58. The highest BCUT2D eigenvalue weighted by molar-refractivity contribution is 5.21. The number of rotatable bonds is 5. The van der Waals surface area contributed by atoms with E-state index in [0.29, 0.717) is 18.5 Å². The Morgan fingerprint density at radius 2 is 2.20 bits per heavy atom. The number of aromatic nitrogens is 1. The van der Waals surface area contributed by atoms with Crippen LogP contribution < -0.4 is 5.32 Å². The highest BCUT2D eigenvalue weighted by atomic mass is 16.3. The van der Waals surface area contributed by atoms with E-state index in [4.69, 9.17) is 0 Å². The number of pyridine rings is 1. The molecule has 0 amide bonds. The fourth-order valence-corrected chi connectivity index (χ4v) is 1.47. The predicted octanol–water partition coefficient (Wildman–Crippen LogP) is 0.394. The van der Waals surface area contributed by atoms with E-state index >= 15 is 0 Å². The maximum Gasteiger partial charge on any atom is 0.107 e. The number of aryl methyl sites for hydroxylation is 1. The summed E-state index contributed by atoms with van der Waals surface area (Å²) in [6.07, 6.45) is 0.588. The van der Waals surface area contributed by atoms with Crippen LogP contribution in [0.2, 0.25) is 0 Å². The maximum atomic E-state index is 9.88. The second kappa shape index (κ2) is 5.80. The van der Waals surface area contributed by atoms with Gasteiger partial charge in [0.2, 0.25) is 0 Å². The molecule has 2 unspecified atom stereocenters. The van der Waals surface area contributed by atoms with Crippen LogP contribution in [-0.2, 0) is 0 Å². The molecule has 0 bridgehead atoms. The lowest BCUT2D eigenvalue weighted by Crippen LogP contribution is -2.24. The predicted molar refractivity (Wildman–Crippen MR) is 58.5 cm³/mol. The molecule has 2 atom stereocenters. The summed E-state index contributed by atoms with van der Waals surface area (Å²) in [4.78, 5) is 4.08. The van der Waals surface area contributed by atoms with Crippen molar-refractivity contribution in [1.82, 2.24) is 10.3 Å². The zero-order chi connectivity index (χ0) is 11.3. The number of hydrogen-bond donors (Lipinski definition) is 3. The van der Waals surface area contributed by atoms with Gasteiger partial charge in [-0.1, -0.05) is 6.07 Å². The standard InChI is InChI=1S/C11H18N2O2/c1-8-9(4-3-6-13-8)11(15)10(14)5-7-12-2/h3-4,6,10-12,14-15H,5,7H2,1-2H3. The first-order valence-electron chi connectivity index (χ1n) is 5.09. The van der Waals surface area contributed by atoms with Gasteiger partial charge in [0.1, 0.15) is 6.10 Å². The van der Waals surface area contributed by atoms with E-state index in [9.17, 15) is 10.2 Å². The Morgan fingerprint density at radius 1 is 1.47 bits per heavy atom. The molecule has 0 aliphatic heterocycles. The molecule has 1 aromatic rings. The quantitative estimate of drug-likeness (QED) is 0.658. The van der Waals surface area contributed by atoms with Crippen molar-refractivity contribution in [3.8, 4) is 0 Å². The Morgan fingerprint density at radius 3 is 2.80 bits per heavy atom. The Labute approximate surface area is 90.0 Å². The topological polar surface area (TPSA) is 65.4 Å². The Hall–Kier alpha value is -0.970. The van der Waals surface area contributed by atoms with Crippen LogP contribution in [0.3, 0.4) is 0 Å². The summed E-state index contributed by atoms with van der Waals surface area (Å²) >= 11 is 0. The van der Waals surface area contributed by atoms with Crippen LogP contribution in [0.4, 0.5) is 0 Å². The molecule has 0 saturated carbocycles. The van der Waals surface area contributed by atoms with Gasteiger partial charge in [0, 0.05) is 17.5 Å². The molecule has 4 nitrogen and oxygen atoms in total. The van der Waals surface area contributed by atoms with Gasteiger partial charge in [-0.25, -0.2) is 0 Å². The van der Waals surface area contributed by atoms with Crippen molar-refractivity contribution >= 4 is 0 Å². The molecule has 0 saturated heterocycles. The summed E-state index contributed by atoms with van der Waals surface area (Å²) in [6.45, 7) is 2.50. The van der Waals surface area contributed by atoms with Gasteiger partial charge in [0.25, 0.3) is 0 Å². The first-order chi connectivity index (χ1) is 7.16. The average Bonchev–Trinajstić information content (AvgIpc) is 2.25. The normalized spacial score (nSPS) is 14.9. The van der Waals surface area contributed by atoms with Gasteiger partial charge >= 0.3 is 0 Å². The van der Waals surface area contributed by atoms with E-state index in [1.54, 1.807) is 18.3 Å². The van der Waals surface area contributed by atoms with E-state index < -0.39 is 12.2 Å². The van der Waals surface area contributed by atoms with Gasteiger partial charge in [-0.3, -0.25) is 4.98 Å². The zero-order valence-corrected chi connectivity index (χ0v) is 9.14. The molecule has 0 fully saturated rings. The lowest BCUT2D eigenvalue weighted by Gasteiger charge is -2.19. The minimum atomic E-state index is -0.855. The third kappa shape index (κ3) is 3.27. The molecule has 1 heterocycles. The molecule has 0 spiro atoms. The van der Waals surface area contributed by atoms with Crippen molar-refractivity contribution in [1.29, 1.82) is 0 Å². The van der Waals surface area contributed by atoms with Crippen LogP contribution in [0.1, 0.15) is 23.8 Å². The molecular formula is C11H18N2O2. The van der Waals surface area contributed by atoms with Crippen molar-refractivity contribution in [3.63, 3.8) is 0 Å². The molecule has 15 heavy (non-hydrogen) atoms. The molecule has 0 radical (unpaired) electrons. The Balaban J connectivity index is 2.67. The third-order valence-electron chi connectivity index (χ3n) is 2.42. The molecule has 0 aromatic carbocycles. The smallest absolute Gasteiger partial charge is 0.107 e. The molecule has 1 rings (SSSR count). The minimum Gasteiger partial charge on any atom is -0.390 e. The summed E-state index contributed by atoms with van der Waals surface area (Å²) in [6, 6.07) is 3.55. The van der Waals surface area contributed by atoms with E-state index in [0.717, 1.165) is 5.69 Å². The van der Waals surface area contributed by atoms with Gasteiger partial charge in [-0.2, -0.15) is 0 Å². The highest BCUT2D eigenvalue weighted by Gasteiger charge is 2.19. The monoisotopic (exact) mass is 210 g/mol. The minimum absolute atomic E-state index is 0.520. The molecule has 84 valence electrons. The van der Waals surface area contributed by atoms with Gasteiger partial charge in [-0.15, -0.1) is 0 Å².